The summed E-state index contributed by atoms with van der Waals surface area (Å²) in [6, 6.07) is 5.84. The third-order valence-corrected chi connectivity index (χ3v) is 5.16. The molecular weight excluding hydrogens is 396 g/mol. The van der Waals surface area contributed by atoms with E-state index in [1.807, 2.05) is 25.2 Å². The number of aromatic nitrogens is 2. The number of amides is 1. The Bertz CT molecular complexity index is 756. The number of methoxy groups -OCH3 is 1. The Hall–Kier alpha value is -2.15. The van der Waals surface area contributed by atoms with E-state index in [1.165, 1.54) is 0 Å². The second-order valence-corrected chi connectivity index (χ2v) is 7.41. The fraction of sp³-hybridized carbons (Fsp3) is 0.421. The second kappa shape index (κ2) is 8.49. The lowest BCUT2D eigenvalue weighted by molar-refractivity contribution is -0.135. The summed E-state index contributed by atoms with van der Waals surface area (Å²) < 4.78 is 6.39. The van der Waals surface area contributed by atoms with Crippen LogP contribution < -0.4 is 9.64 Å². The number of benzene rings is 1. The number of hydrogen-bond acceptors (Lipinski definition) is 5. The maximum Gasteiger partial charge on any atom is 0.227 e. The normalized spacial score (nSPS) is 17.0. The number of nitrogens with zero attached hydrogens (tertiary/aromatic N) is 4. The first-order chi connectivity index (χ1) is 12.6. The summed E-state index contributed by atoms with van der Waals surface area (Å²) in [5.41, 5.74) is 0.985. The van der Waals surface area contributed by atoms with Crippen molar-refractivity contribution < 1.29 is 9.53 Å². The highest BCUT2D eigenvalue weighted by Gasteiger charge is 2.29. The molecule has 2 heterocycles. The number of ether oxygens (including phenoxy) is 1. The summed E-state index contributed by atoms with van der Waals surface area (Å²) in [5, 5.41) is 0. The number of anilines is 1. The van der Waals surface area contributed by atoms with E-state index in [-0.39, 0.29) is 11.8 Å². The van der Waals surface area contributed by atoms with Gasteiger partial charge in [-0.2, -0.15) is 0 Å². The molecule has 26 heavy (non-hydrogen) atoms. The van der Waals surface area contributed by atoms with Gasteiger partial charge in [-0.1, -0.05) is 15.9 Å². The van der Waals surface area contributed by atoms with Gasteiger partial charge in [0.15, 0.2) is 0 Å². The number of carbonyl (C=O) groups is 1. The van der Waals surface area contributed by atoms with Gasteiger partial charge in [-0.05, 0) is 31.0 Å². The van der Waals surface area contributed by atoms with E-state index in [1.54, 1.807) is 30.6 Å². The number of piperidine rings is 1. The molecule has 1 atom stereocenters. The topological polar surface area (TPSA) is 58.6 Å². The lowest BCUT2D eigenvalue weighted by atomic mass is 9.96. The van der Waals surface area contributed by atoms with Crippen molar-refractivity contribution in [2.24, 2.45) is 5.92 Å². The van der Waals surface area contributed by atoms with Gasteiger partial charge in [-0.3, -0.25) is 9.78 Å². The molecule has 1 aromatic heterocycles. The molecule has 1 fully saturated rings. The smallest absolute Gasteiger partial charge is 0.227 e. The maximum atomic E-state index is 13.0. The van der Waals surface area contributed by atoms with Gasteiger partial charge in [0.2, 0.25) is 5.91 Å². The minimum atomic E-state index is -0.0334. The van der Waals surface area contributed by atoms with Crippen molar-refractivity contribution in [3.05, 3.63) is 46.8 Å². The Kier molecular flexibility index (Phi) is 6.08. The van der Waals surface area contributed by atoms with Crippen LogP contribution in [-0.4, -0.2) is 48.0 Å². The zero-order valence-electron chi connectivity index (χ0n) is 15.1. The van der Waals surface area contributed by atoms with Crippen molar-refractivity contribution in [1.82, 2.24) is 14.9 Å². The highest BCUT2D eigenvalue weighted by molar-refractivity contribution is 9.10. The van der Waals surface area contributed by atoms with Crippen LogP contribution in [0.1, 0.15) is 18.4 Å². The quantitative estimate of drug-likeness (QED) is 0.746. The van der Waals surface area contributed by atoms with Gasteiger partial charge in [0.25, 0.3) is 0 Å². The fourth-order valence-electron chi connectivity index (χ4n) is 3.36. The highest BCUT2D eigenvalue weighted by atomic mass is 79.9. The van der Waals surface area contributed by atoms with Crippen molar-refractivity contribution in [3.63, 3.8) is 0 Å². The van der Waals surface area contributed by atoms with Crippen molar-refractivity contribution >= 4 is 27.7 Å². The molecule has 0 spiro atoms. The largest absolute Gasteiger partial charge is 0.496 e. The van der Waals surface area contributed by atoms with Gasteiger partial charge in [-0.15, -0.1) is 0 Å². The lowest BCUT2D eigenvalue weighted by Crippen LogP contribution is -2.43. The molecule has 0 bridgehead atoms. The van der Waals surface area contributed by atoms with Crippen molar-refractivity contribution in [1.29, 1.82) is 0 Å². The van der Waals surface area contributed by atoms with Gasteiger partial charge in [0.05, 0.1) is 19.2 Å². The van der Waals surface area contributed by atoms with Crippen LogP contribution in [0.2, 0.25) is 0 Å². The molecule has 0 aliphatic carbocycles. The molecule has 138 valence electrons. The Labute approximate surface area is 162 Å². The van der Waals surface area contributed by atoms with Crippen LogP contribution in [-0.2, 0) is 11.3 Å². The first kappa shape index (κ1) is 18.6. The average Bonchev–Trinajstić information content (AvgIpc) is 2.68. The molecule has 6 nitrogen and oxygen atoms in total. The maximum absolute atomic E-state index is 13.0. The fourth-order valence-corrected chi connectivity index (χ4v) is 3.77. The second-order valence-electron chi connectivity index (χ2n) is 6.50. The first-order valence-electron chi connectivity index (χ1n) is 8.67. The van der Waals surface area contributed by atoms with Crippen molar-refractivity contribution in [2.75, 3.05) is 32.1 Å². The number of halogens is 1. The van der Waals surface area contributed by atoms with E-state index in [2.05, 4.69) is 30.8 Å². The van der Waals surface area contributed by atoms with E-state index < -0.39 is 0 Å². The Balaban J connectivity index is 1.67. The van der Waals surface area contributed by atoms with Crippen LogP contribution in [0, 0.1) is 5.92 Å². The van der Waals surface area contributed by atoms with Crippen LogP contribution in [0.25, 0.3) is 0 Å². The summed E-state index contributed by atoms with van der Waals surface area (Å²) in [5.74, 6) is 1.74. The zero-order valence-corrected chi connectivity index (χ0v) is 16.6. The van der Waals surface area contributed by atoms with Crippen LogP contribution in [0.3, 0.4) is 0 Å². The number of carbonyl (C=O) groups excluding carboxylic acids is 1. The molecule has 1 aromatic carbocycles. The molecular formula is C19H23BrN4O2. The minimum Gasteiger partial charge on any atom is -0.496 e. The van der Waals surface area contributed by atoms with Gasteiger partial charge < -0.3 is 14.5 Å². The Morgan fingerprint density at radius 2 is 2.27 bits per heavy atom. The highest BCUT2D eigenvalue weighted by Crippen LogP contribution is 2.26. The molecule has 3 rings (SSSR count). The van der Waals surface area contributed by atoms with Crippen LogP contribution in [0.4, 0.5) is 5.82 Å². The van der Waals surface area contributed by atoms with Crippen LogP contribution in [0.5, 0.6) is 5.75 Å². The molecule has 1 unspecified atom stereocenters. The summed E-state index contributed by atoms with van der Waals surface area (Å²) in [7, 11) is 3.50. The molecule has 1 aliphatic heterocycles. The lowest BCUT2D eigenvalue weighted by Gasteiger charge is -2.34. The summed E-state index contributed by atoms with van der Waals surface area (Å²) in [6.07, 6.45) is 6.97. The molecule has 0 saturated carbocycles. The summed E-state index contributed by atoms with van der Waals surface area (Å²) >= 11 is 3.48. The number of hydrogen-bond donors (Lipinski definition) is 0. The van der Waals surface area contributed by atoms with E-state index in [4.69, 9.17) is 4.74 Å². The van der Waals surface area contributed by atoms with Gasteiger partial charge in [-0.25, -0.2) is 4.98 Å². The van der Waals surface area contributed by atoms with E-state index in [0.29, 0.717) is 13.1 Å². The van der Waals surface area contributed by atoms with E-state index in [9.17, 15) is 4.79 Å². The van der Waals surface area contributed by atoms with Crippen LogP contribution >= 0.6 is 15.9 Å². The van der Waals surface area contributed by atoms with Crippen molar-refractivity contribution in [2.45, 2.75) is 19.4 Å². The van der Waals surface area contributed by atoms with Crippen molar-refractivity contribution in [3.8, 4) is 5.75 Å². The monoisotopic (exact) mass is 418 g/mol. The predicted octanol–water partition coefficient (Wildman–Crippen LogP) is 3.12. The Morgan fingerprint density at radius 1 is 1.42 bits per heavy atom. The van der Waals surface area contributed by atoms with E-state index >= 15 is 0 Å². The van der Waals surface area contributed by atoms with Gasteiger partial charge in [0, 0.05) is 49.1 Å². The average molecular weight is 419 g/mol. The molecule has 1 aliphatic rings. The molecule has 0 radical (unpaired) electrons. The predicted molar refractivity (Wildman–Crippen MR) is 104 cm³/mol. The molecule has 0 N–H and O–H groups in total. The first-order valence-corrected chi connectivity index (χ1v) is 9.46. The molecule has 1 saturated heterocycles. The zero-order chi connectivity index (χ0) is 18.5. The van der Waals surface area contributed by atoms with Gasteiger partial charge >= 0.3 is 0 Å². The summed E-state index contributed by atoms with van der Waals surface area (Å²) in [4.78, 5) is 25.4. The number of rotatable bonds is 5. The van der Waals surface area contributed by atoms with Gasteiger partial charge in [0.1, 0.15) is 11.6 Å². The SMILES string of the molecule is COc1ccc(Br)cc1CN(C)C(=O)C1CCCN(c2cnccn2)C1. The van der Waals surface area contributed by atoms with Crippen LogP contribution in [0.15, 0.2) is 41.3 Å². The van der Waals surface area contributed by atoms with E-state index in [0.717, 1.165) is 41.0 Å². The molecule has 1 amide bonds. The Morgan fingerprint density at radius 3 is 3.00 bits per heavy atom. The molecule has 7 heteroatoms. The minimum absolute atomic E-state index is 0.0334. The molecule has 2 aromatic rings. The third kappa shape index (κ3) is 4.33. The third-order valence-electron chi connectivity index (χ3n) is 4.67. The summed E-state index contributed by atoms with van der Waals surface area (Å²) in [6.45, 7) is 2.10. The standard InChI is InChI=1S/C19H23BrN4O2/c1-23(12-15-10-16(20)5-6-17(15)26-2)19(25)14-4-3-9-24(13-14)18-11-21-7-8-22-18/h5-8,10-11,14H,3-4,9,12-13H2,1-2H3.